The molecule has 4 nitrogen and oxygen atoms in total. The van der Waals surface area contributed by atoms with Crippen molar-refractivity contribution in [1.29, 1.82) is 0 Å². The number of nitrogen functional groups attached to an aromatic ring is 1. The Kier molecular flexibility index (Phi) is 3.90. The molecule has 25 heavy (non-hydrogen) atoms. The second-order valence-electron chi connectivity index (χ2n) is 5.32. The van der Waals surface area contributed by atoms with E-state index in [0.29, 0.717) is 30.6 Å². The van der Waals surface area contributed by atoms with Gasteiger partial charge in [0.2, 0.25) is 0 Å². The van der Waals surface area contributed by atoms with Gasteiger partial charge in [-0.05, 0) is 18.2 Å². The van der Waals surface area contributed by atoms with Crippen LogP contribution in [0.5, 0.6) is 5.75 Å². The standard InChI is InChI=1S/C16H6Cl4N2O2S/c17-4-1-5-9(16(24)22-12(5)8(19)2-4)15-13(23)6-3-7(18)11(21)10(20)14(6)25-15/h1-3,23H,21H2. The van der Waals surface area contributed by atoms with Gasteiger partial charge in [-0.1, -0.05) is 46.4 Å². The monoisotopic (exact) mass is 430 g/mol. The van der Waals surface area contributed by atoms with Gasteiger partial charge in [0.25, 0.3) is 5.91 Å². The van der Waals surface area contributed by atoms with Crippen LogP contribution in [-0.2, 0) is 4.79 Å². The van der Waals surface area contributed by atoms with Gasteiger partial charge in [-0.25, -0.2) is 4.99 Å². The molecule has 1 aromatic heterocycles. The maximum absolute atomic E-state index is 12.4. The third-order valence-electron chi connectivity index (χ3n) is 3.83. The number of hydrogen-bond donors (Lipinski definition) is 2. The predicted molar refractivity (Wildman–Crippen MR) is 103 cm³/mol. The van der Waals surface area contributed by atoms with E-state index in [4.69, 9.17) is 52.1 Å². The number of nitrogens with zero attached hydrogens (tertiary/aromatic N) is 1. The summed E-state index contributed by atoms with van der Waals surface area (Å²) in [5.41, 5.74) is 6.26. The van der Waals surface area contributed by atoms with Crippen LogP contribution in [-0.4, -0.2) is 11.0 Å². The first-order valence-corrected chi connectivity index (χ1v) is 9.14. The Hall–Kier alpha value is -1.50. The predicted octanol–water partition coefficient (Wildman–Crippen LogP) is 4.16. The molecule has 0 atom stereocenters. The van der Waals surface area contributed by atoms with E-state index in [9.17, 15) is 9.90 Å². The molecule has 0 unspecified atom stereocenters. The number of amides is 1. The number of anilines is 1. The van der Waals surface area contributed by atoms with Crippen molar-refractivity contribution < 1.29 is 9.90 Å². The lowest BCUT2D eigenvalue weighted by molar-refractivity contribution is -0.112. The van der Waals surface area contributed by atoms with Crippen molar-refractivity contribution in [3.05, 3.63) is 53.7 Å². The molecule has 1 aliphatic rings. The van der Waals surface area contributed by atoms with Gasteiger partial charge in [-0.2, -0.15) is 0 Å². The molecule has 0 spiro atoms. The first kappa shape index (κ1) is 16.9. The summed E-state index contributed by atoms with van der Waals surface area (Å²) >= 11 is 25.6. The average Bonchev–Trinajstić information content (AvgIpc) is 3.03. The lowest BCUT2D eigenvalue weighted by atomic mass is 10.1. The third-order valence-corrected chi connectivity index (χ3v) is 6.39. The number of hydrogen-bond acceptors (Lipinski definition) is 4. The molecule has 3 aromatic rings. The normalized spacial score (nSPS) is 13.4. The molecule has 1 amide bonds. The van der Waals surface area contributed by atoms with Crippen molar-refractivity contribution in [3.63, 3.8) is 0 Å². The fourth-order valence-corrected chi connectivity index (χ4v) is 4.98. The van der Waals surface area contributed by atoms with E-state index in [1.807, 2.05) is 0 Å². The lowest BCUT2D eigenvalue weighted by Gasteiger charge is -2.01. The SMILES string of the molecule is Nc1c(Cl)cc2c(O)c(C3=c4cc(Cl)cc(Cl)c4=NC3=O)sc2c1Cl. The summed E-state index contributed by atoms with van der Waals surface area (Å²) in [6.07, 6.45) is 0. The summed E-state index contributed by atoms with van der Waals surface area (Å²) in [7, 11) is 0. The van der Waals surface area contributed by atoms with Crippen LogP contribution in [0.15, 0.2) is 23.2 Å². The Morgan fingerprint density at radius 3 is 2.52 bits per heavy atom. The molecule has 0 saturated heterocycles. The van der Waals surface area contributed by atoms with Crippen LogP contribution < -0.4 is 16.3 Å². The van der Waals surface area contributed by atoms with Gasteiger partial charge in [0.1, 0.15) is 5.75 Å². The van der Waals surface area contributed by atoms with E-state index in [-0.39, 0.29) is 32.1 Å². The van der Waals surface area contributed by atoms with Gasteiger partial charge in [-0.15, -0.1) is 11.3 Å². The van der Waals surface area contributed by atoms with Gasteiger partial charge >= 0.3 is 0 Å². The van der Waals surface area contributed by atoms with Crippen LogP contribution in [0.4, 0.5) is 5.69 Å². The Labute approximate surface area is 164 Å². The molecular formula is C16H6Cl4N2O2S. The topological polar surface area (TPSA) is 75.7 Å². The number of fused-ring (bicyclic) bond motifs is 2. The number of nitrogens with two attached hydrogens (primary N) is 1. The first-order valence-electron chi connectivity index (χ1n) is 6.81. The third kappa shape index (κ3) is 2.42. The zero-order valence-corrected chi connectivity index (χ0v) is 15.9. The summed E-state index contributed by atoms with van der Waals surface area (Å²) < 4.78 is 0.526. The fourth-order valence-electron chi connectivity index (χ4n) is 2.70. The zero-order chi connectivity index (χ0) is 18.0. The second kappa shape index (κ2) is 5.76. The van der Waals surface area contributed by atoms with Crippen LogP contribution in [0, 0.1) is 0 Å². The van der Waals surface area contributed by atoms with Crippen molar-refractivity contribution >= 4 is 85.0 Å². The Morgan fingerprint density at radius 2 is 1.80 bits per heavy atom. The number of benzene rings is 2. The average molecular weight is 432 g/mol. The summed E-state index contributed by atoms with van der Waals surface area (Å²) in [5.74, 6) is -0.637. The maximum atomic E-state index is 12.4. The highest BCUT2D eigenvalue weighted by atomic mass is 35.5. The first-order chi connectivity index (χ1) is 11.8. The summed E-state index contributed by atoms with van der Waals surface area (Å²) in [6.45, 7) is 0. The lowest BCUT2D eigenvalue weighted by Crippen LogP contribution is -2.24. The number of rotatable bonds is 1. The highest BCUT2D eigenvalue weighted by molar-refractivity contribution is 7.21. The summed E-state index contributed by atoms with van der Waals surface area (Å²) in [5, 5.41) is 12.9. The van der Waals surface area contributed by atoms with Crippen LogP contribution in [0.3, 0.4) is 0 Å². The van der Waals surface area contributed by atoms with Gasteiger partial charge in [-0.3, -0.25) is 4.79 Å². The number of aromatic hydroxyl groups is 1. The smallest absolute Gasteiger partial charge is 0.279 e. The van der Waals surface area contributed by atoms with Gasteiger partial charge < -0.3 is 10.8 Å². The second-order valence-corrected chi connectivity index (χ2v) is 7.97. The minimum absolute atomic E-state index is 0.119. The van der Waals surface area contributed by atoms with Gasteiger partial charge in [0.15, 0.2) is 0 Å². The van der Waals surface area contributed by atoms with E-state index in [0.717, 1.165) is 11.3 Å². The largest absolute Gasteiger partial charge is 0.506 e. The van der Waals surface area contributed by atoms with Crippen molar-refractivity contribution in [2.75, 3.05) is 5.73 Å². The number of thiophene rings is 1. The molecule has 2 aromatic carbocycles. The zero-order valence-electron chi connectivity index (χ0n) is 12.0. The highest BCUT2D eigenvalue weighted by Crippen LogP contribution is 2.47. The van der Waals surface area contributed by atoms with Crippen LogP contribution >= 0.6 is 57.7 Å². The number of halogens is 4. The highest BCUT2D eigenvalue weighted by Gasteiger charge is 2.27. The molecule has 3 N–H and O–H groups in total. The van der Waals surface area contributed by atoms with Crippen molar-refractivity contribution in [3.8, 4) is 5.75 Å². The summed E-state index contributed by atoms with van der Waals surface area (Å²) in [6, 6.07) is 4.60. The van der Waals surface area contributed by atoms with Crippen molar-refractivity contribution in [2.45, 2.75) is 0 Å². The van der Waals surface area contributed by atoms with E-state index >= 15 is 0 Å². The molecule has 0 radical (unpaired) electrons. The van der Waals surface area contributed by atoms with Gasteiger partial charge in [0.05, 0.1) is 41.3 Å². The Bertz CT molecular complexity index is 1230. The molecular weight excluding hydrogens is 426 g/mol. The molecule has 2 heterocycles. The molecule has 0 saturated carbocycles. The van der Waals surface area contributed by atoms with Crippen molar-refractivity contribution in [1.82, 2.24) is 0 Å². The van der Waals surface area contributed by atoms with E-state index < -0.39 is 5.91 Å². The molecule has 0 fully saturated rings. The molecule has 9 heteroatoms. The minimum Gasteiger partial charge on any atom is -0.506 e. The molecule has 4 rings (SSSR count). The van der Waals surface area contributed by atoms with Crippen LogP contribution in [0.25, 0.3) is 15.7 Å². The Morgan fingerprint density at radius 1 is 1.08 bits per heavy atom. The quantitative estimate of drug-likeness (QED) is 0.568. The molecule has 0 aliphatic carbocycles. The van der Waals surface area contributed by atoms with Gasteiger partial charge in [0, 0.05) is 15.6 Å². The number of carbonyl (C=O) groups is 1. The van der Waals surface area contributed by atoms with E-state index in [1.54, 1.807) is 6.07 Å². The van der Waals surface area contributed by atoms with E-state index in [1.165, 1.54) is 12.1 Å². The number of carbonyl (C=O) groups excluding carboxylic acids is 1. The maximum Gasteiger partial charge on any atom is 0.279 e. The molecule has 0 bridgehead atoms. The van der Waals surface area contributed by atoms with E-state index in [2.05, 4.69) is 4.99 Å². The van der Waals surface area contributed by atoms with Crippen LogP contribution in [0.2, 0.25) is 20.1 Å². The minimum atomic E-state index is -0.517. The fraction of sp³-hybridized carbons (Fsp3) is 0. The summed E-state index contributed by atoms with van der Waals surface area (Å²) in [4.78, 5) is 16.7. The Balaban J connectivity index is 2.15. The van der Waals surface area contributed by atoms with Crippen molar-refractivity contribution in [2.24, 2.45) is 4.99 Å². The molecule has 126 valence electrons. The van der Waals surface area contributed by atoms with Crippen LogP contribution in [0.1, 0.15) is 4.88 Å². The molecule has 1 aliphatic heterocycles.